The monoisotopic (exact) mass is 335 g/mol. The summed E-state index contributed by atoms with van der Waals surface area (Å²) in [6.07, 6.45) is 2.47. The van der Waals surface area contributed by atoms with Crippen LogP contribution in [0.4, 0.5) is 0 Å². The topological polar surface area (TPSA) is 47.9 Å². The van der Waals surface area contributed by atoms with Crippen molar-refractivity contribution in [2.45, 2.75) is 70.8 Å². The first-order chi connectivity index (χ1) is 9.38. The molecule has 1 unspecified atom stereocenters. The lowest BCUT2D eigenvalue weighted by Crippen LogP contribution is -2.41. The number of nitrogens with zero attached hydrogens (tertiary/aromatic N) is 1. The Balaban J connectivity index is 3.76. The fourth-order valence-corrected chi connectivity index (χ4v) is 2.70. The first-order valence-electron chi connectivity index (χ1n) is 7.54. The Morgan fingerprint density at radius 1 is 1.10 bits per heavy atom. The van der Waals surface area contributed by atoms with E-state index in [-0.39, 0.29) is 9.79 Å². The van der Waals surface area contributed by atoms with Gasteiger partial charge >= 0.3 is 0 Å². The third-order valence-corrected chi connectivity index (χ3v) is 9.52. The third-order valence-electron chi connectivity index (χ3n) is 3.59. The van der Waals surface area contributed by atoms with Crippen LogP contribution in [0.3, 0.4) is 0 Å². The van der Waals surface area contributed by atoms with Crippen molar-refractivity contribution in [2.75, 3.05) is 19.8 Å². The van der Waals surface area contributed by atoms with Crippen LogP contribution in [-0.4, -0.2) is 43.3 Å². The Labute approximate surface area is 134 Å². The summed E-state index contributed by atoms with van der Waals surface area (Å²) in [6.45, 7) is 18.7. The van der Waals surface area contributed by atoms with Crippen LogP contribution in [0.15, 0.2) is 4.40 Å². The Bertz CT molecular complexity index is 357. The zero-order valence-corrected chi connectivity index (χ0v) is 16.8. The van der Waals surface area contributed by atoms with E-state index in [9.17, 15) is 4.21 Å². The van der Waals surface area contributed by atoms with Gasteiger partial charge in [0.2, 0.25) is 0 Å². The molecule has 21 heavy (non-hydrogen) atoms. The second kappa shape index (κ2) is 8.55. The lowest BCUT2D eigenvalue weighted by molar-refractivity contribution is 0.149. The maximum absolute atomic E-state index is 11.6. The fraction of sp³-hybridized carbons (Fsp3) is 0.933. The van der Waals surface area contributed by atoms with E-state index in [4.69, 9.17) is 9.16 Å². The molecule has 0 amide bonds. The molecule has 0 aliphatic heterocycles. The average molecular weight is 336 g/mol. The Morgan fingerprint density at radius 2 is 1.67 bits per heavy atom. The second-order valence-corrected chi connectivity index (χ2v) is 14.4. The largest absolute Gasteiger partial charge is 0.417 e. The summed E-state index contributed by atoms with van der Waals surface area (Å²) in [5.74, 6) is 0. The molecule has 0 heterocycles. The van der Waals surface area contributed by atoms with Crippen molar-refractivity contribution >= 4 is 25.5 Å². The molecule has 0 aliphatic rings. The van der Waals surface area contributed by atoms with Crippen molar-refractivity contribution in [1.82, 2.24) is 0 Å². The lowest BCUT2D eigenvalue weighted by atomic mass is 10.2. The minimum Gasteiger partial charge on any atom is -0.417 e. The fourth-order valence-electron chi connectivity index (χ4n) is 1.10. The van der Waals surface area contributed by atoms with Gasteiger partial charge in [-0.1, -0.05) is 20.8 Å². The highest BCUT2D eigenvalue weighted by Crippen LogP contribution is 2.36. The molecule has 1 atom stereocenters. The van der Waals surface area contributed by atoms with Crippen LogP contribution in [0.5, 0.6) is 0 Å². The number of hydrogen-bond acceptors (Lipinski definition) is 3. The van der Waals surface area contributed by atoms with Crippen molar-refractivity contribution in [1.29, 1.82) is 0 Å². The van der Waals surface area contributed by atoms with Gasteiger partial charge in [-0.3, -0.25) is 0 Å². The summed E-state index contributed by atoms with van der Waals surface area (Å²) in [4.78, 5) is 0. The molecular weight excluding hydrogens is 302 g/mol. The van der Waals surface area contributed by atoms with Crippen molar-refractivity contribution < 1.29 is 13.4 Å². The highest BCUT2D eigenvalue weighted by atomic mass is 32.2. The Hall–Kier alpha value is -0.0431. The summed E-state index contributed by atoms with van der Waals surface area (Å²) < 4.78 is 26.8. The van der Waals surface area contributed by atoms with E-state index < -0.39 is 19.3 Å². The average Bonchev–Trinajstić information content (AvgIpc) is 2.29. The van der Waals surface area contributed by atoms with E-state index in [2.05, 4.69) is 38.3 Å². The maximum atomic E-state index is 11.6. The summed E-state index contributed by atoms with van der Waals surface area (Å²) in [5, 5.41) is 0.248. The van der Waals surface area contributed by atoms with Gasteiger partial charge in [-0.05, 0) is 45.3 Å². The quantitative estimate of drug-likeness (QED) is 0.383. The van der Waals surface area contributed by atoms with Gasteiger partial charge in [-0.2, -0.15) is 4.40 Å². The van der Waals surface area contributed by atoms with Crippen LogP contribution in [0.1, 0.15) is 48.0 Å². The summed E-state index contributed by atoms with van der Waals surface area (Å²) >= 11 is 0. The van der Waals surface area contributed by atoms with Gasteiger partial charge in [0.1, 0.15) is 11.0 Å². The van der Waals surface area contributed by atoms with Crippen molar-refractivity contribution in [3.63, 3.8) is 0 Å². The van der Waals surface area contributed by atoms with Crippen LogP contribution in [0, 0.1) is 0 Å². The van der Waals surface area contributed by atoms with E-state index in [1.807, 2.05) is 20.8 Å². The lowest BCUT2D eigenvalue weighted by Gasteiger charge is -2.36. The predicted octanol–water partition coefficient (Wildman–Crippen LogP) is 3.95. The van der Waals surface area contributed by atoms with E-state index in [0.717, 1.165) is 13.0 Å². The van der Waals surface area contributed by atoms with Crippen LogP contribution in [0.2, 0.25) is 18.1 Å². The summed E-state index contributed by atoms with van der Waals surface area (Å²) in [5.41, 5.74) is 0. The molecule has 0 aromatic carbocycles. The minimum absolute atomic E-state index is 0.248. The van der Waals surface area contributed by atoms with Gasteiger partial charge in [-0.25, -0.2) is 4.21 Å². The van der Waals surface area contributed by atoms with Gasteiger partial charge in [-0.15, -0.1) is 0 Å². The molecule has 0 aliphatic carbocycles. The molecular formula is C15H33NO3SSi. The first-order valence-corrected chi connectivity index (χ1v) is 11.6. The highest BCUT2D eigenvalue weighted by Gasteiger charge is 2.36. The zero-order valence-electron chi connectivity index (χ0n) is 15.0. The number of rotatable bonds is 8. The molecule has 6 heteroatoms. The molecule has 0 spiro atoms. The molecule has 0 fully saturated rings. The Morgan fingerprint density at radius 3 is 2.14 bits per heavy atom. The van der Waals surface area contributed by atoms with Crippen molar-refractivity contribution in [3.8, 4) is 0 Å². The van der Waals surface area contributed by atoms with Crippen LogP contribution >= 0.6 is 0 Å². The molecule has 0 aromatic rings. The van der Waals surface area contributed by atoms with Crippen LogP contribution in [-0.2, 0) is 20.1 Å². The molecule has 0 rings (SSSR count). The molecule has 0 aromatic heterocycles. The number of ether oxygens (including phenoxy) is 1. The zero-order chi connectivity index (χ0) is 16.7. The molecule has 0 saturated carbocycles. The minimum atomic E-state index is -1.64. The van der Waals surface area contributed by atoms with Crippen molar-refractivity contribution in [3.05, 3.63) is 0 Å². The van der Waals surface area contributed by atoms with Crippen LogP contribution < -0.4 is 0 Å². The van der Waals surface area contributed by atoms with E-state index in [1.165, 1.54) is 0 Å². The standard InChI is InChI=1S/C15H33NO3SSi/c1-14(2,3)20(17)16-10-13-18-11-9-12-19-21(7,8)15(4,5)6/h10H,9,11-13H2,1-8H3. The molecule has 0 radical (unpaired) electrons. The van der Waals surface area contributed by atoms with Crippen LogP contribution in [0.25, 0.3) is 0 Å². The summed E-state index contributed by atoms with van der Waals surface area (Å²) in [6, 6.07) is 0. The highest BCUT2D eigenvalue weighted by molar-refractivity contribution is 7.85. The Kier molecular flexibility index (Phi) is 8.54. The molecule has 126 valence electrons. The maximum Gasteiger partial charge on any atom is 0.191 e. The molecule has 0 N–H and O–H groups in total. The second-order valence-electron chi connectivity index (χ2n) is 7.69. The predicted molar refractivity (Wildman–Crippen MR) is 95.0 cm³/mol. The van der Waals surface area contributed by atoms with E-state index in [0.29, 0.717) is 13.2 Å². The third kappa shape index (κ3) is 8.86. The van der Waals surface area contributed by atoms with E-state index >= 15 is 0 Å². The van der Waals surface area contributed by atoms with Gasteiger partial charge in [0.15, 0.2) is 8.32 Å². The summed E-state index contributed by atoms with van der Waals surface area (Å²) in [7, 11) is -2.84. The van der Waals surface area contributed by atoms with Gasteiger partial charge in [0.05, 0.1) is 11.4 Å². The molecule has 0 saturated heterocycles. The molecule has 4 nitrogen and oxygen atoms in total. The normalized spacial score (nSPS) is 15.6. The molecule has 0 bridgehead atoms. The first kappa shape index (κ1) is 21.0. The van der Waals surface area contributed by atoms with Gasteiger partial charge in [0, 0.05) is 19.4 Å². The van der Waals surface area contributed by atoms with Gasteiger partial charge in [0.25, 0.3) is 0 Å². The smallest absolute Gasteiger partial charge is 0.191 e. The van der Waals surface area contributed by atoms with E-state index in [1.54, 1.807) is 6.21 Å². The SMILES string of the molecule is CC(C)(C)S(=O)N=CCOCCCO[Si](C)(C)C(C)(C)C. The van der Waals surface area contributed by atoms with Gasteiger partial charge < -0.3 is 9.16 Å². The number of hydrogen-bond donors (Lipinski definition) is 0. The van der Waals surface area contributed by atoms with Crippen molar-refractivity contribution in [2.24, 2.45) is 4.40 Å².